The fraction of sp³-hybridized carbons (Fsp3) is 0.333. The van der Waals surface area contributed by atoms with Crippen LogP contribution < -0.4 is 26.7 Å². The summed E-state index contributed by atoms with van der Waals surface area (Å²) >= 11 is 0. The number of aryl methyl sites for hydroxylation is 1. The van der Waals surface area contributed by atoms with Crippen molar-refractivity contribution in [2.24, 2.45) is 5.73 Å². The number of aliphatic carboxylic acids is 1. The van der Waals surface area contributed by atoms with Crippen LogP contribution in [-0.4, -0.2) is 42.2 Å². The predicted molar refractivity (Wildman–Crippen MR) is 99.1 cm³/mol. The minimum atomic E-state index is -1.20. The van der Waals surface area contributed by atoms with Gasteiger partial charge in [0.15, 0.2) is 6.61 Å². The van der Waals surface area contributed by atoms with Gasteiger partial charge in [-0.25, -0.2) is 14.4 Å². The van der Waals surface area contributed by atoms with E-state index in [4.69, 9.17) is 14.9 Å². The molecule has 28 heavy (non-hydrogen) atoms. The van der Waals surface area contributed by atoms with Crippen molar-refractivity contribution in [1.29, 1.82) is 0 Å². The van der Waals surface area contributed by atoms with E-state index in [-0.39, 0.29) is 13.0 Å². The fourth-order valence-electron chi connectivity index (χ4n) is 2.56. The number of carbonyl (C=O) groups is 3. The van der Waals surface area contributed by atoms with Crippen molar-refractivity contribution in [3.8, 4) is 5.75 Å². The van der Waals surface area contributed by atoms with Gasteiger partial charge in [-0.2, -0.15) is 0 Å². The molecule has 10 nitrogen and oxygen atoms in total. The second kappa shape index (κ2) is 9.40. The number of urea groups is 1. The Hall–Kier alpha value is -3.56. The molecule has 1 aromatic heterocycles. The molecular weight excluding hydrogens is 370 g/mol. The molecule has 0 aliphatic carbocycles. The average molecular weight is 391 g/mol. The highest BCUT2D eigenvalue weighted by Gasteiger charge is 2.19. The number of carboxylic acid groups (broad SMARTS) is 1. The van der Waals surface area contributed by atoms with Crippen molar-refractivity contribution in [2.45, 2.75) is 25.8 Å². The van der Waals surface area contributed by atoms with Gasteiger partial charge < -0.3 is 30.6 Å². The highest BCUT2D eigenvalue weighted by Crippen LogP contribution is 2.22. The Morgan fingerprint density at radius 2 is 2.04 bits per heavy atom. The summed E-state index contributed by atoms with van der Waals surface area (Å²) in [6, 6.07) is 4.36. The molecule has 0 spiro atoms. The molecule has 10 heteroatoms. The molecule has 1 aromatic carbocycles. The zero-order chi connectivity index (χ0) is 20.7. The molecule has 3 amide bonds. The number of ether oxygens (including phenoxy) is 1. The van der Waals surface area contributed by atoms with Crippen molar-refractivity contribution in [1.82, 2.24) is 10.6 Å². The largest absolute Gasteiger partial charge is 0.484 e. The molecule has 5 N–H and O–H groups in total. The van der Waals surface area contributed by atoms with Crippen LogP contribution in [0.1, 0.15) is 18.4 Å². The molecule has 2 aromatic rings. The highest BCUT2D eigenvalue weighted by molar-refractivity contribution is 5.85. The summed E-state index contributed by atoms with van der Waals surface area (Å²) in [6.45, 7) is 1.57. The Kier molecular flexibility index (Phi) is 6.96. The zero-order valence-corrected chi connectivity index (χ0v) is 15.2. The summed E-state index contributed by atoms with van der Waals surface area (Å²) in [5, 5.41) is 14.6. The summed E-state index contributed by atoms with van der Waals surface area (Å²) < 4.78 is 10.5. The summed E-state index contributed by atoms with van der Waals surface area (Å²) in [4.78, 5) is 45.3. The topological polar surface area (TPSA) is 161 Å². The lowest BCUT2D eigenvalue weighted by molar-refractivity contribution is -0.142. The van der Waals surface area contributed by atoms with E-state index in [1.165, 1.54) is 12.1 Å². The maximum atomic E-state index is 12.0. The van der Waals surface area contributed by atoms with Gasteiger partial charge >= 0.3 is 17.6 Å². The standard InChI is InChI=1S/C18H21N3O7/c1-10-7-16(23)28-14-8-11(4-5-12(10)14)27-9-15(22)21-13(17(24)25)3-2-6-20-18(19)26/h4-5,7-8,13H,2-3,6,9H2,1H3,(H,21,22)(H,24,25)(H3,19,20,26). The second-order valence-corrected chi connectivity index (χ2v) is 6.09. The number of fused-ring (bicyclic) bond motifs is 1. The van der Waals surface area contributed by atoms with Crippen LogP contribution in [0, 0.1) is 6.92 Å². The van der Waals surface area contributed by atoms with Gasteiger partial charge in [0.1, 0.15) is 17.4 Å². The molecule has 0 aliphatic heterocycles. The molecule has 0 radical (unpaired) electrons. The van der Waals surface area contributed by atoms with Crippen molar-refractivity contribution >= 4 is 28.9 Å². The van der Waals surface area contributed by atoms with Gasteiger partial charge in [0.05, 0.1) is 0 Å². The lowest BCUT2D eigenvalue weighted by atomic mass is 10.1. The molecule has 150 valence electrons. The third kappa shape index (κ3) is 6.01. The van der Waals surface area contributed by atoms with E-state index in [0.29, 0.717) is 17.8 Å². The monoisotopic (exact) mass is 391 g/mol. The van der Waals surface area contributed by atoms with Gasteiger partial charge in [-0.05, 0) is 37.5 Å². The van der Waals surface area contributed by atoms with E-state index >= 15 is 0 Å². The first kappa shape index (κ1) is 20.7. The minimum Gasteiger partial charge on any atom is -0.484 e. The van der Waals surface area contributed by atoms with Crippen LogP contribution in [-0.2, 0) is 9.59 Å². The van der Waals surface area contributed by atoms with Gasteiger partial charge in [0, 0.05) is 24.1 Å². The Labute approximate surface area is 159 Å². The van der Waals surface area contributed by atoms with Crippen LogP contribution in [0.4, 0.5) is 4.79 Å². The van der Waals surface area contributed by atoms with E-state index in [0.717, 1.165) is 10.9 Å². The number of rotatable bonds is 9. The number of nitrogens with one attached hydrogen (secondary N) is 2. The maximum Gasteiger partial charge on any atom is 0.336 e. The van der Waals surface area contributed by atoms with Crippen molar-refractivity contribution in [2.75, 3.05) is 13.2 Å². The third-order valence-electron chi connectivity index (χ3n) is 3.89. The van der Waals surface area contributed by atoms with Gasteiger partial charge in [0.2, 0.25) is 0 Å². The molecule has 0 fully saturated rings. The lowest BCUT2D eigenvalue weighted by Crippen LogP contribution is -2.43. The quantitative estimate of drug-likeness (QED) is 0.357. The van der Waals surface area contributed by atoms with Crippen molar-refractivity contribution in [3.63, 3.8) is 0 Å². The molecular formula is C18H21N3O7. The van der Waals surface area contributed by atoms with Crippen LogP contribution in [0.2, 0.25) is 0 Å². The van der Waals surface area contributed by atoms with Gasteiger partial charge in [0.25, 0.3) is 5.91 Å². The zero-order valence-electron chi connectivity index (χ0n) is 15.2. The van der Waals surface area contributed by atoms with Crippen LogP contribution in [0.5, 0.6) is 5.75 Å². The molecule has 0 bridgehead atoms. The van der Waals surface area contributed by atoms with Gasteiger partial charge in [-0.3, -0.25) is 4.79 Å². The summed E-state index contributed by atoms with van der Waals surface area (Å²) in [7, 11) is 0. The van der Waals surface area contributed by atoms with Gasteiger partial charge in [-0.1, -0.05) is 0 Å². The van der Waals surface area contributed by atoms with Crippen LogP contribution in [0.15, 0.2) is 33.5 Å². The number of primary amides is 1. The summed E-state index contributed by atoms with van der Waals surface area (Å²) in [5.74, 6) is -1.52. The predicted octanol–water partition coefficient (Wildman–Crippen LogP) is 0.498. The van der Waals surface area contributed by atoms with E-state index < -0.39 is 36.2 Å². The summed E-state index contributed by atoms with van der Waals surface area (Å²) in [6.07, 6.45) is 0.436. The minimum absolute atomic E-state index is 0.113. The first-order valence-electron chi connectivity index (χ1n) is 8.49. The van der Waals surface area contributed by atoms with Gasteiger partial charge in [-0.15, -0.1) is 0 Å². The van der Waals surface area contributed by atoms with Crippen LogP contribution in [0.25, 0.3) is 11.0 Å². The normalized spacial score (nSPS) is 11.6. The summed E-state index contributed by atoms with van der Waals surface area (Å²) in [5.41, 5.74) is 5.51. The van der Waals surface area contributed by atoms with Crippen molar-refractivity contribution < 1.29 is 28.6 Å². The first-order chi connectivity index (χ1) is 13.3. The number of hydrogen-bond acceptors (Lipinski definition) is 6. The molecule has 1 atom stereocenters. The number of nitrogens with two attached hydrogens (primary N) is 1. The first-order valence-corrected chi connectivity index (χ1v) is 8.49. The Morgan fingerprint density at radius 3 is 2.71 bits per heavy atom. The SMILES string of the molecule is Cc1cc(=O)oc2cc(OCC(=O)NC(CCCNC(N)=O)C(=O)O)ccc12. The molecule has 2 rings (SSSR count). The second-order valence-electron chi connectivity index (χ2n) is 6.09. The Morgan fingerprint density at radius 1 is 1.29 bits per heavy atom. The van der Waals surface area contributed by atoms with E-state index in [1.807, 2.05) is 0 Å². The number of hydrogen-bond donors (Lipinski definition) is 4. The van der Waals surface area contributed by atoms with Crippen LogP contribution in [0.3, 0.4) is 0 Å². The molecule has 1 heterocycles. The third-order valence-corrected chi connectivity index (χ3v) is 3.89. The van der Waals surface area contributed by atoms with Crippen LogP contribution >= 0.6 is 0 Å². The van der Waals surface area contributed by atoms with E-state index in [1.54, 1.807) is 19.1 Å². The smallest absolute Gasteiger partial charge is 0.336 e. The van der Waals surface area contributed by atoms with Crippen molar-refractivity contribution in [3.05, 3.63) is 40.2 Å². The lowest BCUT2D eigenvalue weighted by Gasteiger charge is -2.15. The average Bonchev–Trinajstić information content (AvgIpc) is 2.61. The molecule has 0 saturated carbocycles. The number of benzene rings is 1. The number of carbonyl (C=O) groups excluding carboxylic acids is 2. The molecule has 0 saturated heterocycles. The molecule has 1 unspecified atom stereocenters. The van der Waals surface area contributed by atoms with E-state index in [2.05, 4.69) is 10.6 Å². The Bertz CT molecular complexity index is 938. The number of carboxylic acids is 1. The molecule has 0 aliphatic rings. The van der Waals surface area contributed by atoms with E-state index in [9.17, 15) is 24.3 Å². The fourth-order valence-corrected chi connectivity index (χ4v) is 2.56. The number of amides is 3. The highest BCUT2D eigenvalue weighted by atomic mass is 16.5. The Balaban J connectivity index is 1.91. The maximum absolute atomic E-state index is 12.0.